The molecular formula is C31H34N4O5. The first-order valence-corrected chi connectivity index (χ1v) is 13.4. The van der Waals surface area contributed by atoms with Crippen molar-refractivity contribution < 1.29 is 24.3 Å². The number of anilines is 2. The SMILES string of the molecule is Cc1ccccc1NC(=O)Nc1ccc(CNC(=O)C2(CNC(=O)c3ccc(C(=O)O)cc3)CCCCC2)cc1. The summed E-state index contributed by atoms with van der Waals surface area (Å²) in [7, 11) is 0. The fraction of sp³-hybridized carbons (Fsp3) is 0.290. The molecule has 9 nitrogen and oxygen atoms in total. The average molecular weight is 543 g/mol. The van der Waals surface area contributed by atoms with Crippen LogP contribution in [0.1, 0.15) is 63.9 Å². The topological polar surface area (TPSA) is 137 Å². The van der Waals surface area contributed by atoms with Crippen molar-refractivity contribution in [2.24, 2.45) is 5.41 Å². The van der Waals surface area contributed by atoms with Crippen LogP contribution in [0.2, 0.25) is 0 Å². The number of urea groups is 1. The molecule has 5 N–H and O–H groups in total. The van der Waals surface area contributed by atoms with E-state index in [1.54, 1.807) is 12.1 Å². The zero-order valence-corrected chi connectivity index (χ0v) is 22.5. The lowest BCUT2D eigenvalue weighted by molar-refractivity contribution is -0.132. The van der Waals surface area contributed by atoms with E-state index < -0.39 is 11.4 Å². The van der Waals surface area contributed by atoms with E-state index in [-0.39, 0.29) is 30.0 Å². The van der Waals surface area contributed by atoms with Gasteiger partial charge in [-0.15, -0.1) is 0 Å². The Morgan fingerprint density at radius 2 is 1.43 bits per heavy atom. The third-order valence-electron chi connectivity index (χ3n) is 7.33. The van der Waals surface area contributed by atoms with Crippen LogP contribution >= 0.6 is 0 Å². The molecule has 1 aliphatic rings. The van der Waals surface area contributed by atoms with E-state index in [9.17, 15) is 19.2 Å². The molecule has 208 valence electrons. The van der Waals surface area contributed by atoms with Crippen molar-refractivity contribution in [3.05, 3.63) is 95.1 Å². The maximum Gasteiger partial charge on any atom is 0.335 e. The highest BCUT2D eigenvalue weighted by atomic mass is 16.4. The number of rotatable bonds is 9. The third-order valence-corrected chi connectivity index (χ3v) is 7.33. The van der Waals surface area contributed by atoms with Crippen LogP contribution in [-0.2, 0) is 11.3 Å². The van der Waals surface area contributed by atoms with Gasteiger partial charge in [0.05, 0.1) is 11.0 Å². The quantitative estimate of drug-likeness (QED) is 0.249. The number of aryl methyl sites for hydroxylation is 1. The summed E-state index contributed by atoms with van der Waals surface area (Å²) >= 11 is 0. The number of carboxylic acids is 1. The predicted octanol–water partition coefficient (Wildman–Crippen LogP) is 5.33. The average Bonchev–Trinajstić information content (AvgIpc) is 2.97. The van der Waals surface area contributed by atoms with Crippen LogP contribution < -0.4 is 21.3 Å². The summed E-state index contributed by atoms with van der Waals surface area (Å²) in [6.45, 7) is 2.45. The summed E-state index contributed by atoms with van der Waals surface area (Å²) in [4.78, 5) is 49.5. The van der Waals surface area contributed by atoms with Crippen LogP contribution in [0.25, 0.3) is 0 Å². The van der Waals surface area contributed by atoms with Gasteiger partial charge < -0.3 is 26.4 Å². The maximum atomic E-state index is 13.4. The van der Waals surface area contributed by atoms with Crippen LogP contribution in [-0.4, -0.2) is 35.5 Å². The highest BCUT2D eigenvalue weighted by molar-refractivity contribution is 6.00. The molecule has 0 unspecified atom stereocenters. The predicted molar refractivity (Wildman–Crippen MR) is 153 cm³/mol. The Morgan fingerprint density at radius 1 is 0.775 bits per heavy atom. The Labute approximate surface area is 233 Å². The molecule has 4 rings (SSSR count). The van der Waals surface area contributed by atoms with E-state index in [1.807, 2.05) is 43.3 Å². The number of nitrogens with one attached hydrogen (secondary N) is 4. The van der Waals surface area contributed by atoms with Gasteiger partial charge in [-0.1, -0.05) is 49.6 Å². The second-order valence-corrected chi connectivity index (χ2v) is 10.2. The normalized spacial score (nSPS) is 14.0. The van der Waals surface area contributed by atoms with Crippen molar-refractivity contribution in [3.8, 4) is 0 Å². The van der Waals surface area contributed by atoms with Gasteiger partial charge in [0.25, 0.3) is 5.91 Å². The Morgan fingerprint density at radius 3 is 2.08 bits per heavy atom. The number of carbonyl (C=O) groups is 4. The second-order valence-electron chi connectivity index (χ2n) is 10.2. The first-order valence-electron chi connectivity index (χ1n) is 13.4. The zero-order chi connectivity index (χ0) is 28.5. The summed E-state index contributed by atoms with van der Waals surface area (Å²) in [5.41, 5.74) is 2.96. The molecule has 0 aromatic heterocycles. The van der Waals surface area contributed by atoms with Gasteiger partial charge in [0.15, 0.2) is 0 Å². The first-order chi connectivity index (χ1) is 19.3. The summed E-state index contributed by atoms with van der Waals surface area (Å²) in [6, 6.07) is 20.2. The standard InChI is InChI=1S/C31H34N4O5/c1-21-7-3-4-8-26(21)35-30(40)34-25-15-9-22(10-16-25)19-32-29(39)31(17-5-2-6-18-31)20-33-27(36)23-11-13-24(14-12-23)28(37)38/h3-4,7-16H,2,5-6,17-20H2,1H3,(H,32,39)(H,33,36)(H,37,38)(H2,34,35,40). The third kappa shape index (κ3) is 7.25. The molecule has 40 heavy (non-hydrogen) atoms. The maximum absolute atomic E-state index is 13.4. The fourth-order valence-corrected chi connectivity index (χ4v) is 4.90. The highest BCUT2D eigenvalue weighted by Crippen LogP contribution is 2.36. The molecule has 3 aromatic rings. The van der Waals surface area contributed by atoms with Crippen LogP contribution in [0, 0.1) is 12.3 Å². The van der Waals surface area contributed by atoms with E-state index in [2.05, 4.69) is 21.3 Å². The van der Waals surface area contributed by atoms with Crippen molar-refractivity contribution in [2.45, 2.75) is 45.6 Å². The number of hydrogen-bond acceptors (Lipinski definition) is 4. The van der Waals surface area contributed by atoms with Crippen LogP contribution in [0.15, 0.2) is 72.8 Å². The molecule has 0 saturated heterocycles. The van der Waals surface area contributed by atoms with Gasteiger partial charge in [-0.05, 0) is 73.4 Å². The molecule has 0 spiro atoms. The molecular weight excluding hydrogens is 508 g/mol. The molecule has 0 atom stereocenters. The number of aromatic carboxylic acids is 1. The minimum atomic E-state index is -1.06. The minimum Gasteiger partial charge on any atom is -0.478 e. The van der Waals surface area contributed by atoms with Crippen LogP contribution in [0.5, 0.6) is 0 Å². The summed E-state index contributed by atoms with van der Waals surface area (Å²) in [5, 5.41) is 20.6. The number of hydrogen-bond donors (Lipinski definition) is 5. The monoisotopic (exact) mass is 542 g/mol. The van der Waals surface area contributed by atoms with E-state index >= 15 is 0 Å². The zero-order valence-electron chi connectivity index (χ0n) is 22.5. The minimum absolute atomic E-state index is 0.103. The Balaban J connectivity index is 1.31. The summed E-state index contributed by atoms with van der Waals surface area (Å²) in [5.74, 6) is -1.50. The lowest BCUT2D eigenvalue weighted by Gasteiger charge is -2.36. The van der Waals surface area contributed by atoms with Gasteiger partial charge in [-0.3, -0.25) is 9.59 Å². The van der Waals surface area contributed by atoms with Crippen molar-refractivity contribution in [1.29, 1.82) is 0 Å². The molecule has 9 heteroatoms. The number of benzene rings is 3. The van der Waals surface area contributed by atoms with Gasteiger partial charge in [0.2, 0.25) is 5.91 Å². The van der Waals surface area contributed by atoms with Crippen molar-refractivity contribution in [3.63, 3.8) is 0 Å². The van der Waals surface area contributed by atoms with Gasteiger partial charge in [-0.2, -0.15) is 0 Å². The number of amides is 4. The van der Waals surface area contributed by atoms with Crippen molar-refractivity contribution >= 4 is 35.2 Å². The number of para-hydroxylation sites is 1. The smallest absolute Gasteiger partial charge is 0.335 e. The lowest BCUT2D eigenvalue weighted by Crippen LogP contribution is -2.49. The summed E-state index contributed by atoms with van der Waals surface area (Å²) < 4.78 is 0. The second kappa shape index (κ2) is 12.9. The van der Waals surface area contributed by atoms with Crippen LogP contribution in [0.4, 0.5) is 16.2 Å². The van der Waals surface area contributed by atoms with E-state index in [4.69, 9.17) is 5.11 Å². The van der Waals surface area contributed by atoms with Crippen LogP contribution in [0.3, 0.4) is 0 Å². The Bertz CT molecular complexity index is 1360. The Kier molecular flexibility index (Phi) is 9.16. The van der Waals surface area contributed by atoms with Crippen molar-refractivity contribution in [2.75, 3.05) is 17.2 Å². The number of carboxylic acid groups (broad SMARTS) is 1. The molecule has 4 amide bonds. The number of carbonyl (C=O) groups excluding carboxylic acids is 3. The van der Waals surface area contributed by atoms with Gasteiger partial charge in [-0.25, -0.2) is 9.59 Å². The van der Waals surface area contributed by atoms with E-state index in [0.717, 1.165) is 36.1 Å². The molecule has 3 aromatic carbocycles. The van der Waals surface area contributed by atoms with E-state index in [1.165, 1.54) is 24.3 Å². The summed E-state index contributed by atoms with van der Waals surface area (Å²) in [6.07, 6.45) is 4.21. The Hall–Kier alpha value is -4.66. The van der Waals surface area contributed by atoms with Gasteiger partial charge in [0.1, 0.15) is 0 Å². The molecule has 1 fully saturated rings. The molecule has 0 heterocycles. The van der Waals surface area contributed by atoms with Gasteiger partial charge >= 0.3 is 12.0 Å². The lowest BCUT2D eigenvalue weighted by atomic mass is 9.73. The largest absolute Gasteiger partial charge is 0.478 e. The van der Waals surface area contributed by atoms with Crippen molar-refractivity contribution in [1.82, 2.24) is 10.6 Å². The highest BCUT2D eigenvalue weighted by Gasteiger charge is 2.39. The first kappa shape index (κ1) is 28.4. The molecule has 0 bridgehead atoms. The molecule has 1 saturated carbocycles. The molecule has 0 radical (unpaired) electrons. The molecule has 0 aliphatic heterocycles. The van der Waals surface area contributed by atoms with E-state index in [0.29, 0.717) is 30.6 Å². The fourth-order valence-electron chi connectivity index (χ4n) is 4.90. The molecule has 1 aliphatic carbocycles. The van der Waals surface area contributed by atoms with Gasteiger partial charge in [0, 0.05) is 30.0 Å².